The van der Waals surface area contributed by atoms with Crippen LogP contribution in [-0.4, -0.2) is 22.2 Å². The summed E-state index contributed by atoms with van der Waals surface area (Å²) in [6.07, 6.45) is 6.79. The fraction of sp³-hybridized carbons (Fsp3) is 0.889. The van der Waals surface area contributed by atoms with Crippen LogP contribution in [0.4, 0.5) is 0 Å². The predicted octanol–water partition coefficient (Wildman–Crippen LogP) is 4.96. The fourth-order valence-corrected chi connectivity index (χ4v) is 3.64. The summed E-state index contributed by atoms with van der Waals surface area (Å²) >= 11 is 0. The third-order valence-corrected chi connectivity index (χ3v) is 5.23. The molecule has 22 heavy (non-hydrogen) atoms. The predicted molar refractivity (Wildman–Crippen MR) is 88.9 cm³/mol. The number of rotatable bonds is 13. The highest BCUT2D eigenvalue weighted by molar-refractivity contribution is 5.75. The molecule has 0 spiro atoms. The standard InChI is InChI=1S/C18H34O4/c1-5-9-10-14(6-2)13-18(8-4,17(21)22)15(7-3)11-12-16(19)20/h14-15H,5-13H2,1-4H3,(H,19,20)(H,21,22). The lowest BCUT2D eigenvalue weighted by Crippen LogP contribution is -2.40. The number of carboxylic acid groups (broad SMARTS) is 2. The van der Waals surface area contributed by atoms with Gasteiger partial charge in [0.25, 0.3) is 0 Å². The maximum absolute atomic E-state index is 12.1. The van der Waals surface area contributed by atoms with Gasteiger partial charge in [-0.3, -0.25) is 9.59 Å². The van der Waals surface area contributed by atoms with Gasteiger partial charge in [-0.25, -0.2) is 0 Å². The van der Waals surface area contributed by atoms with E-state index in [1.807, 2.05) is 13.8 Å². The van der Waals surface area contributed by atoms with Crippen molar-refractivity contribution in [3.8, 4) is 0 Å². The van der Waals surface area contributed by atoms with Crippen molar-refractivity contribution in [2.75, 3.05) is 0 Å². The monoisotopic (exact) mass is 314 g/mol. The summed E-state index contributed by atoms with van der Waals surface area (Å²) in [5.74, 6) is -1.24. The van der Waals surface area contributed by atoms with Gasteiger partial charge in [-0.1, -0.05) is 59.8 Å². The second-order valence-corrected chi connectivity index (χ2v) is 6.47. The van der Waals surface area contributed by atoms with E-state index in [9.17, 15) is 14.7 Å². The molecule has 4 heteroatoms. The zero-order valence-corrected chi connectivity index (χ0v) is 14.7. The maximum atomic E-state index is 12.1. The van der Waals surface area contributed by atoms with Crippen LogP contribution in [0.3, 0.4) is 0 Å². The van der Waals surface area contributed by atoms with Crippen LogP contribution in [0, 0.1) is 17.3 Å². The van der Waals surface area contributed by atoms with E-state index in [1.54, 1.807) is 0 Å². The number of carbonyl (C=O) groups is 2. The zero-order valence-electron chi connectivity index (χ0n) is 14.7. The normalized spacial score (nSPS) is 16.7. The van der Waals surface area contributed by atoms with Gasteiger partial charge in [-0.15, -0.1) is 0 Å². The van der Waals surface area contributed by atoms with Crippen molar-refractivity contribution in [3.63, 3.8) is 0 Å². The topological polar surface area (TPSA) is 74.6 Å². The highest BCUT2D eigenvalue weighted by atomic mass is 16.4. The third kappa shape index (κ3) is 5.98. The molecule has 0 radical (unpaired) electrons. The summed E-state index contributed by atoms with van der Waals surface area (Å²) in [7, 11) is 0. The Morgan fingerprint density at radius 1 is 1.00 bits per heavy atom. The number of unbranched alkanes of at least 4 members (excludes halogenated alkanes) is 1. The van der Waals surface area contributed by atoms with E-state index >= 15 is 0 Å². The van der Waals surface area contributed by atoms with Gasteiger partial charge in [0.1, 0.15) is 0 Å². The summed E-state index contributed by atoms with van der Waals surface area (Å²) < 4.78 is 0. The maximum Gasteiger partial charge on any atom is 0.309 e. The first-order valence-corrected chi connectivity index (χ1v) is 8.82. The van der Waals surface area contributed by atoms with Crippen molar-refractivity contribution in [1.82, 2.24) is 0 Å². The minimum absolute atomic E-state index is 0.0548. The minimum atomic E-state index is -0.841. The van der Waals surface area contributed by atoms with Gasteiger partial charge in [0.2, 0.25) is 0 Å². The number of hydrogen-bond acceptors (Lipinski definition) is 2. The molecule has 0 amide bonds. The van der Waals surface area contributed by atoms with Gasteiger partial charge in [0.05, 0.1) is 5.41 Å². The van der Waals surface area contributed by atoms with Crippen LogP contribution in [0.25, 0.3) is 0 Å². The lowest BCUT2D eigenvalue weighted by molar-refractivity contribution is -0.156. The van der Waals surface area contributed by atoms with E-state index in [0.717, 1.165) is 32.1 Å². The van der Waals surface area contributed by atoms with Crippen LogP contribution in [0.15, 0.2) is 0 Å². The molecule has 0 rings (SSSR count). The first-order valence-electron chi connectivity index (χ1n) is 8.82. The average molecular weight is 314 g/mol. The Hall–Kier alpha value is -1.06. The van der Waals surface area contributed by atoms with Gasteiger partial charge in [0, 0.05) is 6.42 Å². The molecule has 0 aliphatic heterocycles. The summed E-state index contributed by atoms with van der Waals surface area (Å²) in [5.41, 5.74) is -0.779. The Labute approximate surface area is 135 Å². The molecule has 0 heterocycles. The van der Waals surface area contributed by atoms with E-state index in [-0.39, 0.29) is 12.3 Å². The highest BCUT2D eigenvalue weighted by Gasteiger charge is 2.44. The Bertz CT molecular complexity index is 340. The zero-order chi connectivity index (χ0) is 17.2. The molecular weight excluding hydrogens is 280 g/mol. The molecule has 0 aromatic heterocycles. The molecule has 3 atom stereocenters. The first kappa shape index (κ1) is 20.9. The van der Waals surface area contributed by atoms with Crippen LogP contribution in [0.5, 0.6) is 0 Å². The smallest absolute Gasteiger partial charge is 0.309 e. The van der Waals surface area contributed by atoms with E-state index in [1.165, 1.54) is 0 Å². The fourth-order valence-electron chi connectivity index (χ4n) is 3.64. The number of hydrogen-bond donors (Lipinski definition) is 2. The lowest BCUT2D eigenvalue weighted by Gasteiger charge is -2.38. The summed E-state index contributed by atoms with van der Waals surface area (Å²) in [4.78, 5) is 23.0. The van der Waals surface area contributed by atoms with Crippen LogP contribution >= 0.6 is 0 Å². The van der Waals surface area contributed by atoms with Crippen LogP contribution in [0.2, 0.25) is 0 Å². The van der Waals surface area contributed by atoms with Gasteiger partial charge in [-0.05, 0) is 31.1 Å². The van der Waals surface area contributed by atoms with E-state index in [0.29, 0.717) is 25.2 Å². The molecule has 0 saturated carbocycles. The van der Waals surface area contributed by atoms with E-state index < -0.39 is 17.4 Å². The molecule has 3 unspecified atom stereocenters. The van der Waals surface area contributed by atoms with Crippen molar-refractivity contribution >= 4 is 11.9 Å². The van der Waals surface area contributed by atoms with Crippen molar-refractivity contribution in [2.45, 2.75) is 85.5 Å². The molecule has 2 N–H and O–H groups in total. The van der Waals surface area contributed by atoms with Crippen molar-refractivity contribution in [3.05, 3.63) is 0 Å². The number of carboxylic acids is 2. The molecule has 0 aliphatic carbocycles. The van der Waals surface area contributed by atoms with Crippen molar-refractivity contribution in [1.29, 1.82) is 0 Å². The molecule has 0 aliphatic rings. The molecule has 0 bridgehead atoms. The molecule has 0 saturated heterocycles. The Balaban J connectivity index is 5.24. The van der Waals surface area contributed by atoms with Crippen LogP contribution < -0.4 is 0 Å². The second kappa shape index (κ2) is 10.6. The SMILES string of the molecule is CCCCC(CC)CC(CC)(C(=O)O)C(CC)CCC(=O)O. The van der Waals surface area contributed by atoms with Gasteiger partial charge < -0.3 is 10.2 Å². The van der Waals surface area contributed by atoms with Crippen molar-refractivity contribution < 1.29 is 19.8 Å². The van der Waals surface area contributed by atoms with Gasteiger partial charge >= 0.3 is 11.9 Å². The first-order chi connectivity index (χ1) is 10.4. The quantitative estimate of drug-likeness (QED) is 0.503. The Morgan fingerprint density at radius 2 is 1.64 bits per heavy atom. The van der Waals surface area contributed by atoms with Crippen molar-refractivity contribution in [2.24, 2.45) is 17.3 Å². The molecule has 0 aromatic carbocycles. The highest BCUT2D eigenvalue weighted by Crippen LogP contribution is 2.44. The van der Waals surface area contributed by atoms with Crippen LogP contribution in [0.1, 0.15) is 85.5 Å². The Morgan fingerprint density at radius 3 is 2.00 bits per heavy atom. The summed E-state index contributed by atoms with van der Waals surface area (Å²) in [5, 5.41) is 18.8. The van der Waals surface area contributed by atoms with Gasteiger partial charge in [0.15, 0.2) is 0 Å². The van der Waals surface area contributed by atoms with Gasteiger partial charge in [-0.2, -0.15) is 0 Å². The average Bonchev–Trinajstić information content (AvgIpc) is 2.49. The molecule has 0 fully saturated rings. The summed E-state index contributed by atoms with van der Waals surface area (Å²) in [6, 6.07) is 0. The Kier molecular flexibility index (Phi) is 10.1. The van der Waals surface area contributed by atoms with Crippen LogP contribution in [-0.2, 0) is 9.59 Å². The molecule has 0 aromatic rings. The third-order valence-electron chi connectivity index (χ3n) is 5.23. The number of aliphatic carboxylic acids is 2. The van der Waals surface area contributed by atoms with E-state index in [4.69, 9.17) is 5.11 Å². The summed E-state index contributed by atoms with van der Waals surface area (Å²) in [6.45, 7) is 8.19. The molecular formula is C18H34O4. The molecule has 4 nitrogen and oxygen atoms in total. The lowest BCUT2D eigenvalue weighted by atomic mass is 9.64. The molecule has 130 valence electrons. The van der Waals surface area contributed by atoms with E-state index in [2.05, 4.69) is 13.8 Å². The largest absolute Gasteiger partial charge is 0.481 e. The minimum Gasteiger partial charge on any atom is -0.481 e. The second-order valence-electron chi connectivity index (χ2n) is 6.47.